The van der Waals surface area contributed by atoms with E-state index in [1.807, 2.05) is 0 Å². The highest BCUT2D eigenvalue weighted by Gasteiger charge is 2.09. The summed E-state index contributed by atoms with van der Waals surface area (Å²) in [5.74, 6) is 2.07. The van der Waals surface area contributed by atoms with E-state index < -0.39 is 0 Å². The van der Waals surface area contributed by atoms with Crippen LogP contribution in [0.1, 0.15) is 120 Å². The van der Waals surface area contributed by atoms with Crippen molar-refractivity contribution in [1.82, 2.24) is 0 Å². The molecule has 0 aromatic carbocycles. The van der Waals surface area contributed by atoms with Crippen LogP contribution in [0.3, 0.4) is 0 Å². The summed E-state index contributed by atoms with van der Waals surface area (Å²) in [6, 6.07) is 0. The van der Waals surface area contributed by atoms with Crippen LogP contribution in [0.25, 0.3) is 0 Å². The molecular formula is C20H46B. The lowest BCUT2D eigenvalue weighted by Crippen LogP contribution is -2.03. The first-order chi connectivity index (χ1) is 9.19. The zero-order valence-corrected chi connectivity index (χ0v) is 15.5. The molecule has 0 unspecified atom stereocenters. The van der Waals surface area contributed by atoms with Gasteiger partial charge >= 0.3 is 0 Å². The van der Waals surface area contributed by atoms with Crippen molar-refractivity contribution in [3.05, 3.63) is 0 Å². The molecule has 3 radical (unpaired) electrons. The van der Waals surface area contributed by atoms with E-state index in [2.05, 4.69) is 41.5 Å². The number of hydrogen-bond acceptors (Lipinski definition) is 0. The van der Waals surface area contributed by atoms with Crippen molar-refractivity contribution in [3.8, 4) is 0 Å². The summed E-state index contributed by atoms with van der Waals surface area (Å²) in [4.78, 5) is 0. The Morgan fingerprint density at radius 3 is 1.24 bits per heavy atom. The molecule has 0 amide bonds. The molecule has 1 heteroatoms. The Bertz CT molecular complexity index is 127. The average Bonchev–Trinajstić information content (AvgIpc) is 2.51. The van der Waals surface area contributed by atoms with Crippen LogP contribution < -0.4 is 0 Å². The zero-order chi connectivity index (χ0) is 14.9. The molecule has 0 aromatic rings. The van der Waals surface area contributed by atoms with Gasteiger partial charge in [-0.15, -0.1) is 0 Å². The van der Waals surface area contributed by atoms with Gasteiger partial charge in [-0.3, -0.25) is 0 Å². The van der Waals surface area contributed by atoms with Crippen LogP contribution in [0.5, 0.6) is 0 Å². The molecule has 129 valence electrons. The first kappa shape index (κ1) is 29.1. The zero-order valence-electron chi connectivity index (χ0n) is 15.5. The summed E-state index contributed by atoms with van der Waals surface area (Å²) in [5.41, 5.74) is 0. The van der Waals surface area contributed by atoms with Crippen LogP contribution in [0.15, 0.2) is 0 Å². The van der Waals surface area contributed by atoms with E-state index in [0.29, 0.717) is 0 Å². The molecule has 0 aliphatic heterocycles. The van der Waals surface area contributed by atoms with Gasteiger partial charge in [0.25, 0.3) is 0 Å². The smallest absolute Gasteiger partial charge is 0 e. The molecule has 1 saturated carbocycles. The first-order valence-electron chi connectivity index (χ1n) is 9.19. The van der Waals surface area contributed by atoms with E-state index in [4.69, 9.17) is 0 Å². The van der Waals surface area contributed by atoms with Crippen molar-refractivity contribution in [1.29, 1.82) is 0 Å². The Morgan fingerprint density at radius 1 is 0.714 bits per heavy atom. The lowest BCUT2D eigenvalue weighted by molar-refractivity contribution is 0.349. The Kier molecular flexibility index (Phi) is 34.7. The maximum absolute atomic E-state index is 2.32. The minimum atomic E-state index is 0. The summed E-state index contributed by atoms with van der Waals surface area (Å²) < 4.78 is 0. The van der Waals surface area contributed by atoms with E-state index in [1.54, 1.807) is 0 Å². The van der Waals surface area contributed by atoms with Gasteiger partial charge < -0.3 is 0 Å². The summed E-state index contributed by atoms with van der Waals surface area (Å²) in [6.45, 7) is 13.5. The molecule has 0 nitrogen and oxygen atoms in total. The highest BCUT2D eigenvalue weighted by atomic mass is 14.2. The van der Waals surface area contributed by atoms with Gasteiger partial charge in [0.2, 0.25) is 0 Å². The number of hydrogen-bond donors (Lipinski definition) is 0. The van der Waals surface area contributed by atoms with Gasteiger partial charge in [0, 0.05) is 8.41 Å². The summed E-state index contributed by atoms with van der Waals surface area (Å²) >= 11 is 0. The lowest BCUT2D eigenvalue weighted by Gasteiger charge is -2.18. The van der Waals surface area contributed by atoms with Crippen LogP contribution in [0, 0.1) is 11.8 Å². The normalized spacial score (nSPS) is 13.9. The van der Waals surface area contributed by atoms with Crippen molar-refractivity contribution < 1.29 is 0 Å². The molecule has 1 rings (SSSR count). The van der Waals surface area contributed by atoms with E-state index in [0.717, 1.165) is 11.8 Å². The molecule has 0 spiro atoms. The van der Waals surface area contributed by atoms with Crippen molar-refractivity contribution >= 4 is 8.41 Å². The Morgan fingerprint density at radius 2 is 1.10 bits per heavy atom. The minimum Gasteiger partial charge on any atom is -0.0776 e. The highest BCUT2D eigenvalue weighted by molar-refractivity contribution is 5.75. The largest absolute Gasteiger partial charge is 0.0776 e. The van der Waals surface area contributed by atoms with E-state index in [-0.39, 0.29) is 15.8 Å². The second-order valence-electron chi connectivity index (χ2n) is 6.00. The Balaban J connectivity index is -0.000000104. The van der Waals surface area contributed by atoms with Crippen LogP contribution in [0.4, 0.5) is 0 Å². The predicted octanol–water partition coefficient (Wildman–Crippen LogP) is 7.87. The highest BCUT2D eigenvalue weighted by Crippen LogP contribution is 2.25. The fourth-order valence-electron chi connectivity index (χ4n) is 2.46. The van der Waals surface area contributed by atoms with Crippen molar-refractivity contribution in [2.24, 2.45) is 11.8 Å². The van der Waals surface area contributed by atoms with Crippen molar-refractivity contribution in [3.63, 3.8) is 0 Å². The SMILES string of the molecule is C.CCC(CC)CC.CCC1CCCCC1.CCCC.[B]. The third-order valence-electron chi connectivity index (χ3n) is 4.53. The van der Waals surface area contributed by atoms with E-state index >= 15 is 0 Å². The molecule has 0 saturated heterocycles. The molecule has 1 aliphatic carbocycles. The molecule has 0 atom stereocenters. The van der Waals surface area contributed by atoms with E-state index in [1.165, 1.54) is 70.6 Å². The molecule has 0 aromatic heterocycles. The number of rotatable bonds is 5. The van der Waals surface area contributed by atoms with E-state index in [9.17, 15) is 0 Å². The summed E-state index contributed by atoms with van der Waals surface area (Å²) in [7, 11) is 0. The monoisotopic (exact) mass is 297 g/mol. The van der Waals surface area contributed by atoms with Crippen LogP contribution in [0.2, 0.25) is 0 Å². The summed E-state index contributed by atoms with van der Waals surface area (Å²) in [6.07, 6.45) is 15.6. The maximum Gasteiger partial charge on any atom is 0 e. The second kappa shape index (κ2) is 25.0. The molecule has 0 N–H and O–H groups in total. The standard InChI is InChI=1S/C8H16.C7H16.C4H10.CH4.B/c1-2-8-6-4-3-5-7-8;1-4-7(5-2)6-3;1-3-4-2;;/h8H,2-7H2,1H3;7H,4-6H2,1-3H3;3-4H2,1-2H3;1H4;. The molecule has 0 heterocycles. The fourth-order valence-corrected chi connectivity index (χ4v) is 2.46. The van der Waals surface area contributed by atoms with Gasteiger partial charge in [-0.1, -0.05) is 120 Å². The maximum atomic E-state index is 2.32. The third-order valence-corrected chi connectivity index (χ3v) is 4.53. The molecule has 0 bridgehead atoms. The second-order valence-corrected chi connectivity index (χ2v) is 6.00. The van der Waals surface area contributed by atoms with Crippen molar-refractivity contribution in [2.75, 3.05) is 0 Å². The van der Waals surface area contributed by atoms with Crippen molar-refractivity contribution in [2.45, 2.75) is 120 Å². The third kappa shape index (κ3) is 22.5. The quantitative estimate of drug-likeness (QED) is 0.453. The van der Waals surface area contributed by atoms with Gasteiger partial charge in [-0.2, -0.15) is 0 Å². The van der Waals surface area contributed by atoms with Crippen LogP contribution in [-0.4, -0.2) is 8.41 Å². The Hall–Kier alpha value is 0.0649. The van der Waals surface area contributed by atoms with Gasteiger partial charge in [0.1, 0.15) is 0 Å². The lowest BCUT2D eigenvalue weighted by atomic mass is 9.88. The summed E-state index contributed by atoms with van der Waals surface area (Å²) in [5, 5.41) is 0. The van der Waals surface area contributed by atoms with Crippen LogP contribution in [-0.2, 0) is 0 Å². The minimum absolute atomic E-state index is 0. The van der Waals surface area contributed by atoms with Gasteiger partial charge in [-0.25, -0.2) is 0 Å². The predicted molar refractivity (Wildman–Crippen MR) is 104 cm³/mol. The number of unbranched alkanes of at least 4 members (excludes halogenated alkanes) is 1. The molecular weight excluding hydrogens is 251 g/mol. The van der Waals surface area contributed by atoms with Gasteiger partial charge in [0.15, 0.2) is 0 Å². The molecule has 21 heavy (non-hydrogen) atoms. The average molecular weight is 297 g/mol. The Labute approximate surface area is 140 Å². The first-order valence-corrected chi connectivity index (χ1v) is 9.19. The van der Waals surface area contributed by atoms with Gasteiger partial charge in [-0.05, 0) is 11.8 Å². The van der Waals surface area contributed by atoms with Crippen LogP contribution >= 0.6 is 0 Å². The topological polar surface area (TPSA) is 0 Å². The fraction of sp³-hybridized carbons (Fsp3) is 1.00. The molecule has 1 fully saturated rings. The molecule has 1 aliphatic rings. The van der Waals surface area contributed by atoms with Gasteiger partial charge in [0.05, 0.1) is 0 Å².